The molecule has 2 aliphatic heterocycles. The maximum atomic E-state index is 15.6. The topological polar surface area (TPSA) is 120 Å². The van der Waals surface area contributed by atoms with Crippen molar-refractivity contribution in [2.75, 3.05) is 49.5 Å². The number of halogens is 2. The van der Waals surface area contributed by atoms with Crippen LogP contribution in [0.15, 0.2) is 67.0 Å². The summed E-state index contributed by atoms with van der Waals surface area (Å²) in [6.07, 6.45) is 6.50. The highest BCUT2D eigenvalue weighted by Crippen LogP contribution is 2.32. The summed E-state index contributed by atoms with van der Waals surface area (Å²) in [5.41, 5.74) is 1.61. The highest BCUT2D eigenvalue weighted by Gasteiger charge is 2.40. The Morgan fingerprint density at radius 2 is 1.77 bits per heavy atom. The molecule has 0 radical (unpaired) electrons. The molecule has 2 amide bonds. The number of likely N-dealkylation sites (tertiary alicyclic amines) is 1. The summed E-state index contributed by atoms with van der Waals surface area (Å²) in [6.45, 7) is 4.13. The minimum Gasteiger partial charge on any atom is -0.481 e. The molecule has 11 nitrogen and oxygen atoms in total. The number of aliphatic carboxylic acids is 1. The fourth-order valence-electron chi connectivity index (χ4n) is 8.00. The van der Waals surface area contributed by atoms with E-state index in [9.17, 15) is 19.5 Å². The summed E-state index contributed by atoms with van der Waals surface area (Å²) in [5, 5.41) is 13.1. The number of ether oxygens (including phenoxy) is 1. The molecule has 2 aromatic carbocycles. The average molecular weight is 731 g/mol. The second-order valence-corrected chi connectivity index (χ2v) is 14.6. The van der Waals surface area contributed by atoms with E-state index >= 15 is 4.39 Å². The number of carboxylic acid groups (broad SMARTS) is 1. The van der Waals surface area contributed by atoms with Crippen molar-refractivity contribution in [3.8, 4) is 0 Å². The summed E-state index contributed by atoms with van der Waals surface area (Å²) in [4.78, 5) is 49.7. The van der Waals surface area contributed by atoms with E-state index in [1.54, 1.807) is 12.4 Å². The number of pyridine rings is 1. The Morgan fingerprint density at radius 1 is 1.02 bits per heavy atom. The number of para-hydroxylation sites is 1. The van der Waals surface area contributed by atoms with Crippen molar-refractivity contribution < 1.29 is 28.6 Å². The van der Waals surface area contributed by atoms with Crippen molar-refractivity contribution in [3.05, 3.63) is 89.0 Å². The Balaban J connectivity index is 1.02. The Morgan fingerprint density at radius 3 is 2.50 bits per heavy atom. The first-order valence-electron chi connectivity index (χ1n) is 18.0. The maximum Gasteiger partial charge on any atom is 0.306 e. The molecule has 4 aromatic rings. The van der Waals surface area contributed by atoms with Gasteiger partial charge in [-0.25, -0.2) is 9.37 Å². The van der Waals surface area contributed by atoms with Crippen molar-refractivity contribution >= 4 is 51.8 Å². The maximum absolute atomic E-state index is 15.6. The number of hydrogen-bond donors (Lipinski definition) is 2. The van der Waals surface area contributed by atoms with Crippen LogP contribution in [0, 0.1) is 11.7 Å². The van der Waals surface area contributed by atoms with Gasteiger partial charge in [0.15, 0.2) is 0 Å². The summed E-state index contributed by atoms with van der Waals surface area (Å²) in [6, 6.07) is 15.9. The minimum absolute atomic E-state index is 0.0543. The Hall–Kier alpha value is -4.52. The summed E-state index contributed by atoms with van der Waals surface area (Å²) >= 11 is 6.59. The van der Waals surface area contributed by atoms with Crippen molar-refractivity contribution in [2.45, 2.75) is 56.7 Å². The first-order chi connectivity index (χ1) is 25.1. The number of carbonyl (C=O) groups is 3. The second-order valence-electron chi connectivity index (χ2n) is 14.2. The van der Waals surface area contributed by atoms with Crippen LogP contribution in [-0.4, -0.2) is 99.8 Å². The van der Waals surface area contributed by atoms with Gasteiger partial charge in [-0.1, -0.05) is 35.9 Å². The van der Waals surface area contributed by atoms with Gasteiger partial charge in [-0.05, 0) is 68.0 Å². The van der Waals surface area contributed by atoms with Crippen LogP contribution in [0.4, 0.5) is 15.9 Å². The Labute approximate surface area is 307 Å². The lowest BCUT2D eigenvalue weighted by molar-refractivity contribution is -0.144. The van der Waals surface area contributed by atoms with E-state index in [1.807, 2.05) is 59.0 Å². The van der Waals surface area contributed by atoms with Crippen molar-refractivity contribution in [1.82, 2.24) is 19.4 Å². The van der Waals surface area contributed by atoms with Gasteiger partial charge < -0.3 is 29.5 Å². The van der Waals surface area contributed by atoms with Crippen LogP contribution in [0.5, 0.6) is 0 Å². The molecule has 52 heavy (non-hydrogen) atoms. The van der Waals surface area contributed by atoms with Crippen LogP contribution < -0.4 is 10.2 Å². The molecule has 0 unspecified atom stereocenters. The fourth-order valence-corrected chi connectivity index (χ4v) is 8.23. The molecule has 274 valence electrons. The van der Waals surface area contributed by atoms with Crippen LogP contribution >= 0.6 is 11.6 Å². The third kappa shape index (κ3) is 7.79. The number of fused-ring (bicyclic) bond motifs is 1. The number of carbonyl (C=O) groups excluding carboxylic acids is 2. The van der Waals surface area contributed by atoms with E-state index in [0.29, 0.717) is 44.4 Å². The number of aryl methyl sites for hydroxylation is 1. The largest absolute Gasteiger partial charge is 0.481 e. The standard InChI is InChI=1S/C39H44ClFN6O5/c1-44-23-31(30-6-2-3-7-35(30)44)38(49)43-34-21-33(41)26(18-32(34)40)19-37(48)47-22-27(45-14-16-46(17-15-45)36-8-4-5-13-42-36)20-28(47)24-52-29-11-9-25(10-12-29)39(50)51/h2-8,13,18,21,23,25,27-29H,9-12,14-17,19-20,22,24H2,1H3,(H,43,49)(H,50,51)/t25-,27-,28-,29-/m0/s1. The van der Waals surface area contributed by atoms with Crippen LogP contribution in [0.2, 0.25) is 5.02 Å². The summed E-state index contributed by atoms with van der Waals surface area (Å²) < 4.78 is 23.8. The molecule has 2 aromatic heterocycles. The molecule has 4 heterocycles. The number of amides is 2. The molecule has 1 aliphatic carbocycles. The molecule has 2 saturated heterocycles. The first-order valence-corrected chi connectivity index (χ1v) is 18.4. The van der Waals surface area contributed by atoms with Gasteiger partial charge in [0, 0.05) is 69.1 Å². The van der Waals surface area contributed by atoms with Crippen LogP contribution in [0.25, 0.3) is 10.9 Å². The molecule has 3 aliphatic rings. The number of nitrogens with one attached hydrogen (secondary N) is 1. The van der Waals surface area contributed by atoms with E-state index in [0.717, 1.165) is 49.3 Å². The van der Waals surface area contributed by atoms with Gasteiger partial charge in [0.05, 0.1) is 47.4 Å². The molecule has 7 rings (SSSR count). The van der Waals surface area contributed by atoms with E-state index in [-0.39, 0.29) is 52.7 Å². The highest BCUT2D eigenvalue weighted by molar-refractivity contribution is 6.34. The normalized spacial score (nSPS) is 22.5. The number of rotatable bonds is 10. The van der Waals surface area contributed by atoms with Gasteiger partial charge in [-0.3, -0.25) is 19.3 Å². The van der Waals surface area contributed by atoms with Gasteiger partial charge in [0.25, 0.3) is 5.91 Å². The van der Waals surface area contributed by atoms with Crippen LogP contribution in [0.1, 0.15) is 48.0 Å². The van der Waals surface area contributed by atoms with E-state index in [1.165, 1.54) is 12.1 Å². The molecule has 1 saturated carbocycles. The number of piperazine rings is 1. The molecule has 2 atom stereocenters. The SMILES string of the molecule is Cn1cc(C(=O)Nc2cc(F)c(CC(=O)N3C[C@@H](N4CCN(c5ccccn5)CC4)C[C@H]3CO[C@H]3CC[C@H](C(=O)O)CC3)cc2Cl)c2ccccc21. The zero-order valence-corrected chi connectivity index (χ0v) is 30.0. The monoisotopic (exact) mass is 730 g/mol. The Kier molecular flexibility index (Phi) is 10.8. The molecule has 13 heteroatoms. The van der Waals surface area contributed by atoms with Gasteiger partial charge >= 0.3 is 5.97 Å². The van der Waals surface area contributed by atoms with E-state index in [4.69, 9.17) is 16.3 Å². The minimum atomic E-state index is -0.760. The first kappa shape index (κ1) is 35.9. The fraction of sp³-hybridized carbons (Fsp3) is 0.436. The smallest absolute Gasteiger partial charge is 0.306 e. The second kappa shape index (κ2) is 15.6. The zero-order valence-electron chi connectivity index (χ0n) is 29.2. The number of aromatic nitrogens is 2. The van der Waals surface area contributed by atoms with Crippen molar-refractivity contribution in [2.24, 2.45) is 13.0 Å². The molecular formula is C39H44ClFN6O5. The van der Waals surface area contributed by atoms with Crippen molar-refractivity contribution in [3.63, 3.8) is 0 Å². The Bertz CT molecular complexity index is 1930. The van der Waals surface area contributed by atoms with E-state index < -0.39 is 17.7 Å². The number of carboxylic acids is 1. The molecule has 3 fully saturated rings. The quantitative estimate of drug-likeness (QED) is 0.216. The number of nitrogens with zero attached hydrogens (tertiary/aromatic N) is 5. The van der Waals surface area contributed by atoms with Gasteiger partial charge in [-0.15, -0.1) is 0 Å². The van der Waals surface area contributed by atoms with E-state index in [2.05, 4.69) is 20.1 Å². The number of benzene rings is 2. The molecule has 0 bridgehead atoms. The number of anilines is 2. The van der Waals surface area contributed by atoms with Gasteiger partial charge in [0.1, 0.15) is 11.6 Å². The van der Waals surface area contributed by atoms with Crippen molar-refractivity contribution in [1.29, 1.82) is 0 Å². The van der Waals surface area contributed by atoms with Crippen LogP contribution in [-0.2, 0) is 27.8 Å². The molecular weight excluding hydrogens is 687 g/mol. The highest BCUT2D eigenvalue weighted by atomic mass is 35.5. The zero-order chi connectivity index (χ0) is 36.4. The van der Waals surface area contributed by atoms with Crippen LogP contribution in [0.3, 0.4) is 0 Å². The average Bonchev–Trinajstić information content (AvgIpc) is 3.75. The lowest BCUT2D eigenvalue weighted by atomic mass is 9.87. The summed E-state index contributed by atoms with van der Waals surface area (Å²) in [7, 11) is 1.85. The van der Waals surface area contributed by atoms with Gasteiger partial charge in [0.2, 0.25) is 5.91 Å². The van der Waals surface area contributed by atoms with Gasteiger partial charge in [-0.2, -0.15) is 0 Å². The molecule has 0 spiro atoms. The third-order valence-corrected chi connectivity index (χ3v) is 11.2. The predicted molar refractivity (Wildman–Crippen MR) is 197 cm³/mol. The molecule has 2 N–H and O–H groups in total. The lowest BCUT2D eigenvalue weighted by Crippen LogP contribution is -2.51. The lowest BCUT2D eigenvalue weighted by Gasteiger charge is -2.38. The summed E-state index contributed by atoms with van der Waals surface area (Å²) in [5.74, 6) is -1.40. The predicted octanol–water partition coefficient (Wildman–Crippen LogP) is 5.61. The number of hydrogen-bond acceptors (Lipinski definition) is 7. The third-order valence-electron chi connectivity index (χ3n) is 10.9.